The summed E-state index contributed by atoms with van der Waals surface area (Å²) in [7, 11) is 1.42. The second-order valence-electron chi connectivity index (χ2n) is 17.1. The summed E-state index contributed by atoms with van der Waals surface area (Å²) in [4.78, 5) is 69.6. The second kappa shape index (κ2) is 25.7. The predicted octanol–water partition coefficient (Wildman–Crippen LogP) is 7.31. The zero-order chi connectivity index (χ0) is 50.9. The minimum Gasteiger partial charge on any atom is -0.459 e. The summed E-state index contributed by atoms with van der Waals surface area (Å²) in [6.07, 6.45) is -13.0. The van der Waals surface area contributed by atoms with Crippen molar-refractivity contribution < 1.29 is 71.3 Å². The van der Waals surface area contributed by atoms with E-state index in [9.17, 15) is 24.0 Å². The van der Waals surface area contributed by atoms with Crippen molar-refractivity contribution in [2.45, 2.75) is 81.5 Å². The minimum absolute atomic E-state index is 0.0142. The molecule has 0 aromatic heterocycles. The van der Waals surface area contributed by atoms with E-state index in [4.69, 9.17) is 47.4 Å². The van der Waals surface area contributed by atoms with Gasteiger partial charge in [0.1, 0.15) is 37.1 Å². The standard InChI is InChI=1S/C57H55NO15/c1-37(59)58-46-49(66-34-39-23-11-4-12-24-39)47(44(68-56(46)64-2)35-65-33-38-21-9-3-10-22-38)73-57-51(72-55(63)43-31-19-8-20-32-43)50(71-54(62)42-29-17-7-18-30-42)48(70-53(61)41-27-15-6-16-28-41)45(69-57)36-67-52(60)40-25-13-5-14-26-40/h3-32,44-51,56-57H,33-36H2,1-2H3,(H,58,59)/t44-,45-,46-,47-,48-,49-,50+,51-,56+,57+/m1/s1. The van der Waals surface area contributed by atoms with Crippen molar-refractivity contribution in [3.63, 3.8) is 0 Å². The van der Waals surface area contributed by atoms with Crippen LogP contribution in [0.4, 0.5) is 0 Å². The van der Waals surface area contributed by atoms with Crippen LogP contribution in [0.2, 0.25) is 0 Å². The third-order valence-corrected chi connectivity index (χ3v) is 12.0. The van der Waals surface area contributed by atoms with Gasteiger partial charge in [0.25, 0.3) is 0 Å². The lowest BCUT2D eigenvalue weighted by atomic mass is 9.94. The second-order valence-corrected chi connectivity index (χ2v) is 17.1. The van der Waals surface area contributed by atoms with E-state index in [0.717, 1.165) is 11.1 Å². The van der Waals surface area contributed by atoms with Gasteiger partial charge in [0, 0.05) is 14.0 Å². The van der Waals surface area contributed by atoms with Gasteiger partial charge in [-0.3, -0.25) is 4.79 Å². The monoisotopic (exact) mass is 993 g/mol. The van der Waals surface area contributed by atoms with Crippen LogP contribution in [-0.2, 0) is 65.4 Å². The molecule has 1 N–H and O–H groups in total. The minimum atomic E-state index is -1.77. The van der Waals surface area contributed by atoms with E-state index in [2.05, 4.69) is 5.32 Å². The third kappa shape index (κ3) is 13.9. The highest BCUT2D eigenvalue weighted by Gasteiger charge is 2.57. The molecule has 2 fully saturated rings. The van der Waals surface area contributed by atoms with E-state index in [1.165, 1.54) is 50.4 Å². The lowest BCUT2D eigenvalue weighted by Crippen LogP contribution is -2.69. The summed E-state index contributed by atoms with van der Waals surface area (Å²) in [6.45, 7) is 0.770. The fourth-order valence-corrected chi connectivity index (χ4v) is 8.42. The number of benzene rings is 6. The van der Waals surface area contributed by atoms with Crippen LogP contribution in [0.25, 0.3) is 0 Å². The molecule has 0 aliphatic carbocycles. The first-order chi connectivity index (χ1) is 35.6. The van der Waals surface area contributed by atoms with Crippen molar-refractivity contribution in [3.8, 4) is 0 Å². The van der Waals surface area contributed by atoms with Crippen LogP contribution in [0.15, 0.2) is 182 Å². The van der Waals surface area contributed by atoms with E-state index >= 15 is 0 Å². The predicted molar refractivity (Wildman–Crippen MR) is 262 cm³/mol. The maximum atomic E-state index is 14.4. The van der Waals surface area contributed by atoms with Crippen molar-refractivity contribution in [2.24, 2.45) is 0 Å². The zero-order valence-corrected chi connectivity index (χ0v) is 40.0. The highest BCUT2D eigenvalue weighted by atomic mass is 16.8. The molecule has 8 rings (SSSR count). The fraction of sp³-hybridized carbons (Fsp3) is 0.281. The molecule has 10 atom stereocenters. The lowest BCUT2D eigenvalue weighted by molar-refractivity contribution is -0.349. The molecule has 16 heteroatoms. The Hall–Kier alpha value is -7.57. The molecule has 378 valence electrons. The molecule has 0 radical (unpaired) electrons. The molecule has 0 spiro atoms. The number of hydrogen-bond acceptors (Lipinski definition) is 15. The average Bonchev–Trinajstić information content (AvgIpc) is 3.43. The van der Waals surface area contributed by atoms with Crippen molar-refractivity contribution in [2.75, 3.05) is 20.3 Å². The molecule has 2 saturated heterocycles. The maximum Gasteiger partial charge on any atom is 0.338 e. The highest BCUT2D eigenvalue weighted by molar-refractivity contribution is 5.91. The summed E-state index contributed by atoms with van der Waals surface area (Å²) in [5.74, 6) is -3.84. The molecule has 2 aliphatic heterocycles. The van der Waals surface area contributed by atoms with Crippen molar-refractivity contribution in [1.29, 1.82) is 0 Å². The van der Waals surface area contributed by atoms with Gasteiger partial charge in [-0.1, -0.05) is 133 Å². The summed E-state index contributed by atoms with van der Waals surface area (Å²) in [5.41, 5.74) is 2.19. The molecule has 2 heterocycles. The van der Waals surface area contributed by atoms with Crippen LogP contribution in [-0.4, -0.2) is 111 Å². The Morgan fingerprint density at radius 2 is 0.863 bits per heavy atom. The Morgan fingerprint density at radius 1 is 0.452 bits per heavy atom. The smallest absolute Gasteiger partial charge is 0.338 e. The molecule has 0 saturated carbocycles. The molecule has 73 heavy (non-hydrogen) atoms. The van der Waals surface area contributed by atoms with Gasteiger partial charge in [-0.05, 0) is 59.7 Å². The molecule has 6 aromatic carbocycles. The van der Waals surface area contributed by atoms with Crippen molar-refractivity contribution >= 4 is 29.8 Å². The summed E-state index contributed by atoms with van der Waals surface area (Å²) in [5, 5.41) is 2.91. The van der Waals surface area contributed by atoms with Gasteiger partial charge >= 0.3 is 23.9 Å². The molecule has 1 amide bonds. The Morgan fingerprint density at radius 3 is 1.34 bits per heavy atom. The van der Waals surface area contributed by atoms with Crippen LogP contribution in [0.3, 0.4) is 0 Å². The Bertz CT molecular complexity index is 2700. The molecular formula is C57H55NO15. The van der Waals surface area contributed by atoms with Gasteiger partial charge in [0.05, 0.1) is 42.1 Å². The van der Waals surface area contributed by atoms with E-state index in [-0.39, 0.29) is 42.1 Å². The van der Waals surface area contributed by atoms with Crippen LogP contribution in [0.1, 0.15) is 59.5 Å². The number of hydrogen-bond donors (Lipinski definition) is 1. The number of carbonyl (C=O) groups is 5. The summed E-state index contributed by atoms with van der Waals surface area (Å²) < 4.78 is 64.1. The van der Waals surface area contributed by atoms with E-state index in [0.29, 0.717) is 0 Å². The topological polar surface area (TPSA) is 190 Å². The largest absolute Gasteiger partial charge is 0.459 e. The van der Waals surface area contributed by atoms with Crippen molar-refractivity contribution in [3.05, 3.63) is 215 Å². The first-order valence-electron chi connectivity index (χ1n) is 23.7. The number of rotatable bonds is 20. The molecule has 2 aliphatic rings. The summed E-state index contributed by atoms with van der Waals surface area (Å²) >= 11 is 0. The third-order valence-electron chi connectivity index (χ3n) is 12.0. The van der Waals surface area contributed by atoms with Crippen LogP contribution >= 0.6 is 0 Å². The number of amides is 1. The number of esters is 4. The molecule has 0 unspecified atom stereocenters. The van der Waals surface area contributed by atoms with E-state index in [1.807, 2.05) is 60.7 Å². The lowest BCUT2D eigenvalue weighted by Gasteiger charge is -2.49. The van der Waals surface area contributed by atoms with Gasteiger partial charge in [-0.15, -0.1) is 0 Å². The van der Waals surface area contributed by atoms with Crippen molar-refractivity contribution in [1.82, 2.24) is 5.32 Å². The van der Waals surface area contributed by atoms with Crippen LogP contribution in [0.5, 0.6) is 0 Å². The van der Waals surface area contributed by atoms with Gasteiger partial charge in [-0.2, -0.15) is 0 Å². The van der Waals surface area contributed by atoms with Crippen LogP contribution < -0.4 is 5.32 Å². The number of carbonyl (C=O) groups excluding carboxylic acids is 5. The molecule has 6 aromatic rings. The Balaban J connectivity index is 1.25. The quantitative estimate of drug-likeness (QED) is 0.0592. The van der Waals surface area contributed by atoms with Gasteiger partial charge in [-0.25, -0.2) is 19.2 Å². The number of methoxy groups -OCH3 is 1. The molecule has 0 bridgehead atoms. The fourth-order valence-electron chi connectivity index (χ4n) is 8.42. The first kappa shape index (κ1) is 51.8. The SMILES string of the molecule is CO[C@H]1O[C@H](COCc2ccccc2)[C@@H](O[C@@H]2O[C@H](COC(=O)c3ccccc3)[C@@H](OC(=O)c3ccccc3)[C@H](OC(=O)c3ccccc3)[C@H]2OC(=O)c2ccccc2)[C@H](OCc2ccccc2)[C@H]1NC(C)=O. The van der Waals surface area contributed by atoms with Gasteiger partial charge in [0.2, 0.25) is 5.91 Å². The zero-order valence-electron chi connectivity index (χ0n) is 40.0. The van der Waals surface area contributed by atoms with Gasteiger partial charge in [0.15, 0.2) is 30.9 Å². The Kier molecular flexibility index (Phi) is 18.2. The highest BCUT2D eigenvalue weighted by Crippen LogP contribution is 2.36. The van der Waals surface area contributed by atoms with E-state index < -0.39 is 97.7 Å². The molecular weight excluding hydrogens is 939 g/mol. The number of nitrogens with one attached hydrogen (secondary N) is 1. The molecule has 16 nitrogen and oxygen atoms in total. The maximum absolute atomic E-state index is 14.4. The van der Waals surface area contributed by atoms with Crippen LogP contribution in [0, 0.1) is 0 Å². The average molecular weight is 994 g/mol. The normalized spacial score (nSPS) is 23.5. The van der Waals surface area contributed by atoms with Gasteiger partial charge < -0.3 is 52.7 Å². The number of ether oxygens (including phenoxy) is 10. The summed E-state index contributed by atoms with van der Waals surface area (Å²) in [6, 6.07) is 50.0. The first-order valence-corrected chi connectivity index (χ1v) is 23.7. The van der Waals surface area contributed by atoms with E-state index in [1.54, 1.807) is 84.9 Å². The Labute approximate surface area is 422 Å².